The van der Waals surface area contributed by atoms with E-state index in [4.69, 9.17) is 10.8 Å². The summed E-state index contributed by atoms with van der Waals surface area (Å²) in [5, 5.41) is 13.0. The highest BCUT2D eigenvalue weighted by Crippen LogP contribution is 2.10. The smallest absolute Gasteiger partial charge is 0.145 e. The summed E-state index contributed by atoms with van der Waals surface area (Å²) in [7, 11) is 1.92. The van der Waals surface area contributed by atoms with Crippen molar-refractivity contribution >= 4 is 5.82 Å². The molecule has 6 heteroatoms. The zero-order valence-electron chi connectivity index (χ0n) is 10.3. The second-order valence-electron chi connectivity index (χ2n) is 4.53. The maximum absolute atomic E-state index is 8.88. The molecule has 0 bridgehead atoms. The maximum atomic E-state index is 8.88. The molecule has 0 amide bonds. The lowest BCUT2D eigenvalue weighted by Gasteiger charge is -2.34. The Kier molecular flexibility index (Phi) is 3.98. The van der Waals surface area contributed by atoms with Crippen LogP contribution in [0.1, 0.15) is 5.69 Å². The van der Waals surface area contributed by atoms with E-state index in [1.165, 1.54) is 0 Å². The van der Waals surface area contributed by atoms with Crippen molar-refractivity contribution in [1.82, 2.24) is 19.6 Å². The van der Waals surface area contributed by atoms with E-state index in [1.807, 2.05) is 17.8 Å². The minimum atomic E-state index is 0.248. The van der Waals surface area contributed by atoms with Crippen LogP contribution in [-0.2, 0) is 13.6 Å². The number of nitrogens with zero attached hydrogens (tertiary/aromatic N) is 4. The number of hydrogen-bond acceptors (Lipinski definition) is 5. The third kappa shape index (κ3) is 3.18. The number of aliphatic hydroxyl groups is 1. The fourth-order valence-corrected chi connectivity index (χ4v) is 2.22. The van der Waals surface area contributed by atoms with Gasteiger partial charge in [0.25, 0.3) is 0 Å². The van der Waals surface area contributed by atoms with Gasteiger partial charge in [0.05, 0.1) is 12.3 Å². The first-order valence-electron chi connectivity index (χ1n) is 6.03. The third-order valence-electron chi connectivity index (χ3n) is 3.26. The summed E-state index contributed by atoms with van der Waals surface area (Å²) in [4.78, 5) is 4.68. The van der Waals surface area contributed by atoms with E-state index < -0.39 is 0 Å². The van der Waals surface area contributed by atoms with Gasteiger partial charge in [0.1, 0.15) is 5.82 Å². The molecule has 96 valence electrons. The largest absolute Gasteiger partial charge is 0.395 e. The number of aromatic nitrogens is 2. The molecule has 2 heterocycles. The second-order valence-corrected chi connectivity index (χ2v) is 4.53. The zero-order valence-corrected chi connectivity index (χ0v) is 10.3. The number of piperazine rings is 1. The Balaban J connectivity index is 1.84. The Morgan fingerprint density at radius 2 is 1.94 bits per heavy atom. The van der Waals surface area contributed by atoms with Crippen LogP contribution >= 0.6 is 0 Å². The maximum Gasteiger partial charge on any atom is 0.145 e. The SMILES string of the molecule is Cn1nc(N)cc1CN1CCN(CCO)CC1. The van der Waals surface area contributed by atoms with Gasteiger partial charge in [-0.1, -0.05) is 0 Å². The van der Waals surface area contributed by atoms with Crippen LogP contribution in [0.4, 0.5) is 5.82 Å². The Morgan fingerprint density at radius 1 is 1.29 bits per heavy atom. The first-order chi connectivity index (χ1) is 8.19. The Bertz CT molecular complexity index is 357. The lowest BCUT2D eigenvalue weighted by atomic mass is 10.3. The van der Waals surface area contributed by atoms with Crippen molar-refractivity contribution in [2.45, 2.75) is 6.54 Å². The highest BCUT2D eigenvalue weighted by molar-refractivity contribution is 5.29. The number of nitrogen functional groups attached to an aromatic ring is 1. The fourth-order valence-electron chi connectivity index (χ4n) is 2.22. The second kappa shape index (κ2) is 5.48. The van der Waals surface area contributed by atoms with Crippen molar-refractivity contribution in [3.05, 3.63) is 11.8 Å². The van der Waals surface area contributed by atoms with Gasteiger partial charge in [-0.3, -0.25) is 14.5 Å². The summed E-state index contributed by atoms with van der Waals surface area (Å²) in [5.41, 5.74) is 6.81. The average Bonchev–Trinajstić information content (AvgIpc) is 2.61. The summed E-state index contributed by atoms with van der Waals surface area (Å²) in [6.45, 7) is 6.04. The molecular weight excluding hydrogens is 218 g/mol. The van der Waals surface area contributed by atoms with Crippen molar-refractivity contribution in [1.29, 1.82) is 0 Å². The summed E-state index contributed by atoms with van der Waals surface area (Å²) >= 11 is 0. The summed E-state index contributed by atoms with van der Waals surface area (Å²) in [6.07, 6.45) is 0. The van der Waals surface area contributed by atoms with Crippen molar-refractivity contribution < 1.29 is 5.11 Å². The molecular formula is C11H21N5O. The molecule has 0 saturated carbocycles. The Hall–Kier alpha value is -1.11. The van der Waals surface area contributed by atoms with Gasteiger partial charge in [-0.2, -0.15) is 5.10 Å². The molecule has 2 rings (SSSR count). The van der Waals surface area contributed by atoms with Crippen LogP contribution in [-0.4, -0.2) is 64.0 Å². The number of aliphatic hydroxyl groups excluding tert-OH is 1. The molecule has 0 unspecified atom stereocenters. The average molecular weight is 239 g/mol. The number of nitrogens with two attached hydrogens (primary N) is 1. The van der Waals surface area contributed by atoms with Crippen molar-refractivity contribution in [2.24, 2.45) is 7.05 Å². The van der Waals surface area contributed by atoms with E-state index in [9.17, 15) is 0 Å². The van der Waals surface area contributed by atoms with E-state index >= 15 is 0 Å². The first-order valence-corrected chi connectivity index (χ1v) is 6.03. The van der Waals surface area contributed by atoms with Crippen LogP contribution in [0.3, 0.4) is 0 Å². The highest BCUT2D eigenvalue weighted by atomic mass is 16.3. The Morgan fingerprint density at radius 3 is 2.47 bits per heavy atom. The van der Waals surface area contributed by atoms with Crippen LogP contribution in [0.15, 0.2) is 6.07 Å². The summed E-state index contributed by atoms with van der Waals surface area (Å²) in [6, 6.07) is 1.93. The summed E-state index contributed by atoms with van der Waals surface area (Å²) < 4.78 is 1.84. The van der Waals surface area contributed by atoms with Crippen LogP contribution in [0, 0.1) is 0 Å². The molecule has 3 N–H and O–H groups in total. The van der Waals surface area contributed by atoms with Gasteiger partial charge in [-0.05, 0) is 0 Å². The van der Waals surface area contributed by atoms with E-state index in [2.05, 4.69) is 14.9 Å². The predicted octanol–water partition coefficient (Wildman–Crippen LogP) is -0.888. The molecule has 0 aromatic carbocycles. The molecule has 1 fully saturated rings. The predicted molar refractivity (Wildman–Crippen MR) is 66.4 cm³/mol. The topological polar surface area (TPSA) is 70.6 Å². The minimum absolute atomic E-state index is 0.248. The lowest BCUT2D eigenvalue weighted by Crippen LogP contribution is -2.46. The molecule has 1 aromatic heterocycles. The fraction of sp³-hybridized carbons (Fsp3) is 0.727. The quantitative estimate of drug-likeness (QED) is 0.713. The molecule has 0 aliphatic carbocycles. The normalized spacial score (nSPS) is 18.7. The van der Waals surface area contributed by atoms with E-state index in [1.54, 1.807) is 0 Å². The van der Waals surface area contributed by atoms with Gasteiger partial charge in [-0.25, -0.2) is 0 Å². The molecule has 1 aliphatic rings. The number of anilines is 1. The monoisotopic (exact) mass is 239 g/mol. The van der Waals surface area contributed by atoms with Gasteiger partial charge in [0.2, 0.25) is 0 Å². The van der Waals surface area contributed by atoms with Crippen molar-refractivity contribution in [3.8, 4) is 0 Å². The lowest BCUT2D eigenvalue weighted by molar-refractivity contribution is 0.107. The van der Waals surface area contributed by atoms with Crippen LogP contribution < -0.4 is 5.73 Å². The molecule has 1 aromatic rings. The number of rotatable bonds is 4. The standard InChI is InChI=1S/C11H21N5O/c1-14-10(8-11(12)13-14)9-16-4-2-15(3-5-16)6-7-17/h8,17H,2-7,9H2,1H3,(H2,12,13). The highest BCUT2D eigenvalue weighted by Gasteiger charge is 2.17. The number of hydrogen-bond donors (Lipinski definition) is 2. The number of β-amino-alcohol motifs (C(OH)–C–C–N with tert-alkyl or cyclic N) is 1. The molecule has 17 heavy (non-hydrogen) atoms. The molecule has 0 atom stereocenters. The molecule has 0 radical (unpaired) electrons. The van der Waals surface area contributed by atoms with Gasteiger partial charge in [0, 0.05) is 52.4 Å². The molecule has 6 nitrogen and oxygen atoms in total. The van der Waals surface area contributed by atoms with Gasteiger partial charge < -0.3 is 10.8 Å². The Labute approximate surface area is 102 Å². The molecule has 1 aliphatic heterocycles. The number of aryl methyl sites for hydroxylation is 1. The van der Waals surface area contributed by atoms with Gasteiger partial charge >= 0.3 is 0 Å². The van der Waals surface area contributed by atoms with Crippen LogP contribution in [0.25, 0.3) is 0 Å². The molecule has 0 spiro atoms. The van der Waals surface area contributed by atoms with Crippen LogP contribution in [0.5, 0.6) is 0 Å². The van der Waals surface area contributed by atoms with Gasteiger partial charge in [0.15, 0.2) is 0 Å². The van der Waals surface area contributed by atoms with Crippen LogP contribution in [0.2, 0.25) is 0 Å². The molecule has 1 saturated heterocycles. The third-order valence-corrected chi connectivity index (χ3v) is 3.26. The van der Waals surface area contributed by atoms with Gasteiger partial charge in [-0.15, -0.1) is 0 Å². The van der Waals surface area contributed by atoms with E-state index in [0.717, 1.165) is 45.0 Å². The van der Waals surface area contributed by atoms with Crippen molar-refractivity contribution in [3.63, 3.8) is 0 Å². The summed E-state index contributed by atoms with van der Waals surface area (Å²) in [5.74, 6) is 0.585. The van der Waals surface area contributed by atoms with E-state index in [0.29, 0.717) is 5.82 Å². The van der Waals surface area contributed by atoms with Crippen molar-refractivity contribution in [2.75, 3.05) is 45.1 Å². The first kappa shape index (κ1) is 12.3. The van der Waals surface area contributed by atoms with E-state index in [-0.39, 0.29) is 6.61 Å². The minimum Gasteiger partial charge on any atom is -0.395 e. The zero-order chi connectivity index (χ0) is 12.3.